The van der Waals surface area contributed by atoms with Gasteiger partial charge in [0.15, 0.2) is 11.9 Å². The molecule has 0 saturated carbocycles. The van der Waals surface area contributed by atoms with Crippen molar-refractivity contribution in [3.05, 3.63) is 40.3 Å². The fourth-order valence-electron chi connectivity index (χ4n) is 2.98. The number of allylic oxidation sites excluding steroid dienone is 1. The van der Waals surface area contributed by atoms with Crippen LogP contribution in [0.15, 0.2) is 29.2 Å². The fourth-order valence-corrected chi connectivity index (χ4v) is 4.12. The number of carbonyl (C=O) groups excluding carboxylic acids is 2. The normalized spacial score (nSPS) is 12.0. The molecule has 1 amide bonds. The quantitative estimate of drug-likeness (QED) is 0.178. The molecule has 32 heavy (non-hydrogen) atoms. The van der Waals surface area contributed by atoms with E-state index in [0.29, 0.717) is 34.6 Å². The molecular weight excluding hydrogens is 430 g/mol. The topological polar surface area (TPSA) is 179 Å². The van der Waals surface area contributed by atoms with Gasteiger partial charge in [-0.15, -0.1) is 11.3 Å². The van der Waals surface area contributed by atoms with Crippen molar-refractivity contribution in [3.8, 4) is 0 Å². The van der Waals surface area contributed by atoms with Crippen LogP contribution in [0.5, 0.6) is 0 Å². The Morgan fingerprint density at radius 2 is 2.12 bits per heavy atom. The zero-order valence-electron chi connectivity index (χ0n) is 18.2. The van der Waals surface area contributed by atoms with Crippen molar-refractivity contribution < 1.29 is 9.59 Å². The van der Waals surface area contributed by atoms with Crippen LogP contribution in [0.3, 0.4) is 0 Å². The van der Waals surface area contributed by atoms with Gasteiger partial charge in [-0.2, -0.15) is 5.10 Å². The molecule has 2 aromatic heterocycles. The van der Waals surface area contributed by atoms with E-state index in [2.05, 4.69) is 15.4 Å². The molecule has 170 valence electrons. The second kappa shape index (κ2) is 11.0. The highest BCUT2D eigenvalue weighted by atomic mass is 32.1. The molecular formula is C20H27N9O2S. The number of amides is 1. The van der Waals surface area contributed by atoms with Crippen LogP contribution in [0.4, 0.5) is 0 Å². The second-order valence-electron chi connectivity index (χ2n) is 6.94. The summed E-state index contributed by atoms with van der Waals surface area (Å²) < 4.78 is 2.47. The molecule has 2 rings (SSSR count). The Hall–Kier alpha value is -3.80. The number of aldehydes is 1. The zero-order chi connectivity index (χ0) is 23.8. The summed E-state index contributed by atoms with van der Waals surface area (Å²) >= 11 is 1.39. The lowest BCUT2D eigenvalue weighted by Gasteiger charge is -2.15. The van der Waals surface area contributed by atoms with E-state index in [0.717, 1.165) is 16.0 Å². The second-order valence-corrected chi connectivity index (χ2v) is 8.02. The summed E-state index contributed by atoms with van der Waals surface area (Å²) in [5.41, 5.74) is 13.3. The highest BCUT2D eigenvalue weighted by Crippen LogP contribution is 2.29. The first-order valence-electron chi connectivity index (χ1n) is 9.58. The molecule has 0 aliphatic rings. The van der Waals surface area contributed by atoms with Crippen LogP contribution in [-0.4, -0.2) is 65.0 Å². The van der Waals surface area contributed by atoms with E-state index >= 15 is 0 Å². The van der Waals surface area contributed by atoms with Gasteiger partial charge in [-0.25, -0.2) is 4.98 Å². The number of aromatic nitrogens is 2. The standard InChI is InChI=1S/C20H27N9O2S/c1-25-8-12(6-17(24)31)15(23)10-28(2)26-9-14-16(11-30)29(3)20-19(14)32-18(27-20)7-13(22)4-5-21/h4-5,8-9,11,22-23,25H,6-7,10,21H2,1-3H3,(H2,24,31)/b5-4-,12-8-,22-13?,23-15?,26-9-. The van der Waals surface area contributed by atoms with Gasteiger partial charge in [0.1, 0.15) is 5.01 Å². The minimum atomic E-state index is -0.527. The molecule has 0 aliphatic heterocycles. The predicted molar refractivity (Wildman–Crippen MR) is 128 cm³/mol. The zero-order valence-corrected chi connectivity index (χ0v) is 19.0. The van der Waals surface area contributed by atoms with Crippen LogP contribution in [-0.2, 0) is 18.3 Å². The number of nitrogens with zero attached hydrogens (tertiary/aromatic N) is 4. The van der Waals surface area contributed by atoms with Crippen LogP contribution in [0.1, 0.15) is 27.5 Å². The van der Waals surface area contributed by atoms with Crippen LogP contribution < -0.4 is 16.8 Å². The van der Waals surface area contributed by atoms with E-state index in [1.54, 1.807) is 38.1 Å². The van der Waals surface area contributed by atoms with Gasteiger partial charge in [-0.3, -0.25) is 14.6 Å². The Balaban J connectivity index is 2.28. The number of primary amides is 1. The lowest BCUT2D eigenvalue weighted by Crippen LogP contribution is -2.25. The number of carbonyl (C=O) groups is 2. The molecule has 0 unspecified atom stereocenters. The average Bonchev–Trinajstić information content (AvgIpc) is 3.23. The van der Waals surface area contributed by atoms with E-state index in [1.807, 2.05) is 0 Å². The number of fused-ring (bicyclic) bond motifs is 1. The summed E-state index contributed by atoms with van der Waals surface area (Å²) in [7, 11) is 5.11. The van der Waals surface area contributed by atoms with Crippen molar-refractivity contribution in [3.63, 3.8) is 0 Å². The molecule has 11 nitrogen and oxygen atoms in total. The molecule has 0 spiro atoms. The Morgan fingerprint density at radius 1 is 1.41 bits per heavy atom. The summed E-state index contributed by atoms with van der Waals surface area (Å²) in [5.74, 6) is -0.527. The summed E-state index contributed by atoms with van der Waals surface area (Å²) in [6, 6.07) is 0. The maximum atomic E-state index is 11.7. The van der Waals surface area contributed by atoms with Crippen LogP contribution >= 0.6 is 11.3 Å². The number of thiazole rings is 1. The van der Waals surface area contributed by atoms with Gasteiger partial charge in [-0.05, 0) is 17.8 Å². The van der Waals surface area contributed by atoms with Crippen LogP contribution in [0.2, 0.25) is 0 Å². The maximum absolute atomic E-state index is 11.7. The Labute approximate surface area is 189 Å². The maximum Gasteiger partial charge on any atom is 0.221 e. The van der Waals surface area contributed by atoms with Gasteiger partial charge in [-0.1, -0.05) is 0 Å². The molecule has 0 fully saturated rings. The summed E-state index contributed by atoms with van der Waals surface area (Å²) in [6.45, 7) is 0.139. The van der Waals surface area contributed by atoms with Crippen molar-refractivity contribution in [1.82, 2.24) is 19.9 Å². The number of nitrogens with one attached hydrogen (secondary N) is 3. The van der Waals surface area contributed by atoms with E-state index in [-0.39, 0.29) is 18.7 Å². The first kappa shape index (κ1) is 24.5. The molecule has 0 atom stereocenters. The lowest BCUT2D eigenvalue weighted by molar-refractivity contribution is -0.117. The molecule has 0 radical (unpaired) electrons. The predicted octanol–water partition coefficient (Wildman–Crippen LogP) is 0.746. The van der Waals surface area contributed by atoms with Gasteiger partial charge in [0.05, 0.1) is 35.3 Å². The summed E-state index contributed by atoms with van der Waals surface area (Å²) in [4.78, 5) is 27.5. The largest absolute Gasteiger partial charge is 0.405 e. The van der Waals surface area contributed by atoms with Crippen LogP contribution in [0.25, 0.3) is 10.3 Å². The molecule has 2 aromatic rings. The molecule has 0 saturated heterocycles. The van der Waals surface area contributed by atoms with Crippen molar-refractivity contribution in [2.75, 3.05) is 20.6 Å². The van der Waals surface area contributed by atoms with E-state index in [9.17, 15) is 9.59 Å². The third kappa shape index (κ3) is 5.88. The summed E-state index contributed by atoms with van der Waals surface area (Å²) in [5, 5.41) is 25.6. The van der Waals surface area contributed by atoms with E-state index in [1.165, 1.54) is 28.6 Å². The van der Waals surface area contributed by atoms with Crippen molar-refractivity contribution in [2.45, 2.75) is 12.8 Å². The van der Waals surface area contributed by atoms with Crippen molar-refractivity contribution >= 4 is 51.5 Å². The SMILES string of the molecule is CN/C=C(/CC(N)=O)C(=N)CN(C)/N=C\c1c(C=O)n(C)c2nc(CC(=N)/C=C\N)sc12. The Bertz CT molecular complexity index is 1120. The third-order valence-corrected chi connectivity index (χ3v) is 5.52. The molecule has 7 N–H and O–H groups in total. The van der Waals surface area contributed by atoms with Gasteiger partial charge < -0.3 is 32.2 Å². The Morgan fingerprint density at radius 3 is 2.72 bits per heavy atom. The van der Waals surface area contributed by atoms with E-state index in [4.69, 9.17) is 22.3 Å². The number of hydrogen-bond acceptors (Lipinski definition) is 10. The molecule has 0 aliphatic carbocycles. The monoisotopic (exact) mass is 457 g/mol. The number of rotatable bonds is 12. The molecule has 0 bridgehead atoms. The first-order valence-corrected chi connectivity index (χ1v) is 10.4. The smallest absolute Gasteiger partial charge is 0.221 e. The molecule has 0 aromatic carbocycles. The molecule has 12 heteroatoms. The highest BCUT2D eigenvalue weighted by Gasteiger charge is 2.19. The highest BCUT2D eigenvalue weighted by molar-refractivity contribution is 7.19. The minimum absolute atomic E-state index is 0.0518. The number of nitrogens with two attached hydrogens (primary N) is 2. The van der Waals surface area contributed by atoms with Gasteiger partial charge in [0.25, 0.3) is 0 Å². The van der Waals surface area contributed by atoms with Crippen molar-refractivity contribution in [1.29, 1.82) is 10.8 Å². The first-order chi connectivity index (χ1) is 15.2. The van der Waals surface area contributed by atoms with Crippen molar-refractivity contribution in [2.24, 2.45) is 23.6 Å². The Kier molecular flexibility index (Phi) is 8.41. The van der Waals surface area contributed by atoms with Gasteiger partial charge >= 0.3 is 0 Å². The number of hydrazone groups is 1. The molecule has 2 heterocycles. The average molecular weight is 458 g/mol. The minimum Gasteiger partial charge on any atom is -0.405 e. The summed E-state index contributed by atoms with van der Waals surface area (Å²) in [6.07, 6.45) is 6.96. The fraction of sp³-hybridized carbons (Fsp3) is 0.300. The van der Waals surface area contributed by atoms with Gasteiger partial charge in [0.2, 0.25) is 5.91 Å². The van der Waals surface area contributed by atoms with Crippen LogP contribution in [0, 0.1) is 10.8 Å². The van der Waals surface area contributed by atoms with E-state index < -0.39 is 5.91 Å². The third-order valence-electron chi connectivity index (χ3n) is 4.45. The van der Waals surface area contributed by atoms with Gasteiger partial charge in [0, 0.05) is 45.0 Å². The number of aryl methyl sites for hydroxylation is 1. The lowest BCUT2D eigenvalue weighted by atomic mass is 10.1. The number of hydrogen-bond donors (Lipinski definition) is 5.